The van der Waals surface area contributed by atoms with Crippen molar-refractivity contribution in [2.45, 2.75) is 57.2 Å². The average molecular weight is 443 g/mol. The number of hydrogen-bond acceptors (Lipinski definition) is 3. The fourth-order valence-corrected chi connectivity index (χ4v) is 3.97. The second-order valence-electron chi connectivity index (χ2n) is 8.54. The predicted octanol–water partition coefficient (Wildman–Crippen LogP) is 5.49. The van der Waals surface area contributed by atoms with Crippen LogP contribution in [0.1, 0.15) is 42.4 Å². The quantitative estimate of drug-likeness (QED) is 0.344. The van der Waals surface area contributed by atoms with Crippen LogP contribution in [0.4, 0.5) is 0 Å². The molecule has 0 aliphatic carbocycles. The molecular formula is C30H34O3. The smallest absolute Gasteiger partial charge is 0.187 e. The Hall–Kier alpha value is -3.01. The van der Waals surface area contributed by atoms with E-state index in [4.69, 9.17) is 0 Å². The van der Waals surface area contributed by atoms with Crippen LogP contribution in [0, 0.1) is 0 Å². The van der Waals surface area contributed by atoms with E-state index in [-0.39, 0.29) is 12.2 Å². The van der Waals surface area contributed by atoms with Crippen molar-refractivity contribution in [1.29, 1.82) is 0 Å². The third-order valence-corrected chi connectivity index (χ3v) is 5.90. The Balaban J connectivity index is 1.61. The Morgan fingerprint density at radius 1 is 0.667 bits per heavy atom. The molecule has 0 amide bonds. The molecule has 2 N–H and O–H groups in total. The molecule has 33 heavy (non-hydrogen) atoms. The minimum absolute atomic E-state index is 0.266. The summed E-state index contributed by atoms with van der Waals surface area (Å²) in [5, 5.41) is 21.3. The lowest BCUT2D eigenvalue weighted by molar-refractivity contribution is -0.124. The second kappa shape index (κ2) is 13.5. The molecule has 0 heterocycles. The van der Waals surface area contributed by atoms with Gasteiger partial charge in [0, 0.05) is 6.42 Å². The highest BCUT2D eigenvalue weighted by Crippen LogP contribution is 2.18. The summed E-state index contributed by atoms with van der Waals surface area (Å²) >= 11 is 0. The SMILES string of the molecule is O=C(/C(=C\CCc1ccccc1)C[C@@H](O)CCc1ccccc1)[C@@H](O)CCc1ccccc1. The van der Waals surface area contributed by atoms with E-state index >= 15 is 0 Å². The first kappa shape index (κ1) is 24.6. The van der Waals surface area contributed by atoms with Crippen molar-refractivity contribution in [3.05, 3.63) is 119 Å². The van der Waals surface area contributed by atoms with E-state index in [1.54, 1.807) is 0 Å². The molecule has 0 unspecified atom stereocenters. The van der Waals surface area contributed by atoms with E-state index in [1.165, 1.54) is 11.1 Å². The van der Waals surface area contributed by atoms with Crippen LogP contribution in [0.3, 0.4) is 0 Å². The standard InChI is InChI=1S/C30H34O3/c31-28(21-19-25-13-6-2-7-14-25)23-27(18-10-17-24-11-4-1-5-12-24)30(33)29(32)22-20-26-15-8-3-9-16-26/h1-9,11-16,18,28-29,31-32H,10,17,19-23H2/b27-18-/t28-,29-/m0/s1. The molecule has 0 radical (unpaired) electrons. The molecule has 0 saturated carbocycles. The van der Waals surface area contributed by atoms with Crippen LogP contribution >= 0.6 is 0 Å². The number of aryl methyl sites for hydroxylation is 3. The topological polar surface area (TPSA) is 57.5 Å². The molecule has 0 aliphatic heterocycles. The maximum absolute atomic E-state index is 13.1. The number of carbonyl (C=O) groups excluding carboxylic acids is 1. The zero-order valence-corrected chi connectivity index (χ0v) is 19.1. The first-order valence-electron chi connectivity index (χ1n) is 11.8. The molecule has 0 aliphatic rings. The fourth-order valence-electron chi connectivity index (χ4n) is 3.97. The summed E-state index contributed by atoms with van der Waals surface area (Å²) in [6, 6.07) is 30.1. The number of ketones is 1. The highest BCUT2D eigenvalue weighted by molar-refractivity contribution is 5.98. The molecule has 3 aromatic rings. The van der Waals surface area contributed by atoms with Crippen LogP contribution in [-0.2, 0) is 24.1 Å². The maximum Gasteiger partial charge on any atom is 0.187 e. The van der Waals surface area contributed by atoms with Gasteiger partial charge in [0.05, 0.1) is 6.10 Å². The monoisotopic (exact) mass is 442 g/mol. The van der Waals surface area contributed by atoms with Crippen molar-refractivity contribution < 1.29 is 15.0 Å². The lowest BCUT2D eigenvalue weighted by Gasteiger charge is -2.16. The van der Waals surface area contributed by atoms with Gasteiger partial charge in [0.25, 0.3) is 0 Å². The molecule has 3 nitrogen and oxygen atoms in total. The predicted molar refractivity (Wildman–Crippen MR) is 134 cm³/mol. The van der Waals surface area contributed by atoms with E-state index in [0.29, 0.717) is 31.3 Å². The molecule has 172 valence electrons. The van der Waals surface area contributed by atoms with Gasteiger partial charge < -0.3 is 10.2 Å². The number of aliphatic hydroxyl groups is 2. The van der Waals surface area contributed by atoms with Crippen molar-refractivity contribution in [3.63, 3.8) is 0 Å². The molecule has 0 fully saturated rings. The van der Waals surface area contributed by atoms with Gasteiger partial charge in [-0.05, 0) is 60.8 Å². The lowest BCUT2D eigenvalue weighted by Crippen LogP contribution is -2.25. The first-order chi connectivity index (χ1) is 16.1. The van der Waals surface area contributed by atoms with Gasteiger partial charge in [-0.1, -0.05) is 97.1 Å². The van der Waals surface area contributed by atoms with Gasteiger partial charge in [0.2, 0.25) is 0 Å². The van der Waals surface area contributed by atoms with Gasteiger partial charge in [-0.25, -0.2) is 0 Å². The number of benzene rings is 3. The van der Waals surface area contributed by atoms with Crippen molar-refractivity contribution in [2.24, 2.45) is 0 Å². The number of rotatable bonds is 13. The normalized spacial score (nSPS) is 13.5. The Labute approximate surface area is 197 Å². The lowest BCUT2D eigenvalue weighted by atomic mass is 9.93. The van der Waals surface area contributed by atoms with E-state index in [1.807, 2.05) is 84.9 Å². The van der Waals surface area contributed by atoms with Crippen LogP contribution in [0.15, 0.2) is 103 Å². The zero-order valence-electron chi connectivity index (χ0n) is 19.1. The summed E-state index contributed by atoms with van der Waals surface area (Å²) in [5.74, 6) is -0.266. The molecule has 0 bridgehead atoms. The summed E-state index contributed by atoms with van der Waals surface area (Å²) in [6.07, 6.45) is 4.35. The fraction of sp³-hybridized carbons (Fsp3) is 0.300. The van der Waals surface area contributed by atoms with Gasteiger partial charge in [-0.3, -0.25) is 4.79 Å². The largest absolute Gasteiger partial charge is 0.393 e. The van der Waals surface area contributed by atoms with Gasteiger partial charge in [-0.15, -0.1) is 0 Å². The average Bonchev–Trinajstić information content (AvgIpc) is 2.87. The molecule has 0 saturated heterocycles. The maximum atomic E-state index is 13.1. The van der Waals surface area contributed by atoms with Gasteiger partial charge in [0.1, 0.15) is 6.10 Å². The van der Waals surface area contributed by atoms with Crippen LogP contribution in [0.5, 0.6) is 0 Å². The minimum Gasteiger partial charge on any atom is -0.393 e. The Kier molecular flexibility index (Phi) is 10.1. The first-order valence-corrected chi connectivity index (χ1v) is 11.8. The van der Waals surface area contributed by atoms with Crippen LogP contribution < -0.4 is 0 Å². The third-order valence-electron chi connectivity index (χ3n) is 5.90. The molecule has 3 heteroatoms. The van der Waals surface area contributed by atoms with Crippen LogP contribution in [0.2, 0.25) is 0 Å². The van der Waals surface area contributed by atoms with E-state index in [0.717, 1.165) is 18.4 Å². The number of Topliss-reactive ketones (excluding diaryl/α,β-unsaturated/α-hetero) is 1. The second-order valence-corrected chi connectivity index (χ2v) is 8.54. The van der Waals surface area contributed by atoms with Gasteiger partial charge in [0.15, 0.2) is 5.78 Å². The summed E-state index contributed by atoms with van der Waals surface area (Å²) in [7, 11) is 0. The summed E-state index contributed by atoms with van der Waals surface area (Å²) in [6.45, 7) is 0. The van der Waals surface area contributed by atoms with E-state index in [9.17, 15) is 15.0 Å². The molecule has 3 aromatic carbocycles. The van der Waals surface area contributed by atoms with Crippen molar-refractivity contribution in [3.8, 4) is 0 Å². The Bertz CT molecular complexity index is 981. The number of aliphatic hydroxyl groups excluding tert-OH is 2. The van der Waals surface area contributed by atoms with E-state index in [2.05, 4.69) is 12.1 Å². The van der Waals surface area contributed by atoms with Crippen molar-refractivity contribution >= 4 is 5.78 Å². The summed E-state index contributed by atoms with van der Waals surface area (Å²) < 4.78 is 0. The highest BCUT2D eigenvalue weighted by Gasteiger charge is 2.21. The Morgan fingerprint density at radius 3 is 1.64 bits per heavy atom. The highest BCUT2D eigenvalue weighted by atomic mass is 16.3. The summed E-state index contributed by atoms with van der Waals surface area (Å²) in [5.41, 5.74) is 4.00. The number of carbonyl (C=O) groups is 1. The number of hydrogen-bond donors (Lipinski definition) is 2. The zero-order chi connectivity index (χ0) is 23.3. The van der Waals surface area contributed by atoms with Crippen molar-refractivity contribution in [2.75, 3.05) is 0 Å². The minimum atomic E-state index is -1.06. The van der Waals surface area contributed by atoms with Gasteiger partial charge >= 0.3 is 0 Å². The van der Waals surface area contributed by atoms with Crippen LogP contribution in [-0.4, -0.2) is 28.2 Å². The third kappa shape index (κ3) is 8.80. The van der Waals surface area contributed by atoms with Gasteiger partial charge in [-0.2, -0.15) is 0 Å². The molecule has 2 atom stereocenters. The number of allylic oxidation sites excluding steroid dienone is 1. The molecular weight excluding hydrogens is 408 g/mol. The van der Waals surface area contributed by atoms with Crippen LogP contribution in [0.25, 0.3) is 0 Å². The Morgan fingerprint density at radius 2 is 1.12 bits per heavy atom. The molecule has 0 aromatic heterocycles. The van der Waals surface area contributed by atoms with Crippen molar-refractivity contribution in [1.82, 2.24) is 0 Å². The summed E-state index contributed by atoms with van der Waals surface area (Å²) in [4.78, 5) is 13.1. The van der Waals surface area contributed by atoms with E-state index < -0.39 is 12.2 Å². The molecule has 3 rings (SSSR count). The molecule has 0 spiro atoms.